The van der Waals surface area contributed by atoms with E-state index in [2.05, 4.69) is 40.2 Å². The van der Waals surface area contributed by atoms with Gasteiger partial charge in [0.15, 0.2) is 0 Å². The van der Waals surface area contributed by atoms with Gasteiger partial charge in [0.05, 0.1) is 24.2 Å². The largest absolute Gasteiger partial charge is 0.416 e. The highest BCUT2D eigenvalue weighted by Gasteiger charge is 2.38. The summed E-state index contributed by atoms with van der Waals surface area (Å²) in [7, 11) is 1.57. The fourth-order valence-electron chi connectivity index (χ4n) is 6.54. The van der Waals surface area contributed by atoms with Gasteiger partial charge in [-0.25, -0.2) is 0 Å². The standard InChI is InChI=1S/C30H36F6N6/c1-18-12-25-26(10-7-11-41(16-21-8-5-6-9-21)27(25)20(3)19(18)2)42(28-37-39-40(4)38-28)17-22-13-23(29(31,32)33)15-24(14-22)30(34,35)36/h12-15,21,26H,5-11,16-17H2,1-4H3/t26-/m0/s1. The zero-order chi connectivity index (χ0) is 30.4. The molecule has 0 N–H and O–H groups in total. The molecule has 2 heterocycles. The number of fused-ring (bicyclic) bond motifs is 1. The van der Waals surface area contributed by atoms with Crippen molar-refractivity contribution in [2.24, 2.45) is 13.0 Å². The fourth-order valence-corrected chi connectivity index (χ4v) is 6.54. The summed E-state index contributed by atoms with van der Waals surface area (Å²) in [4.78, 5) is 5.40. The van der Waals surface area contributed by atoms with Crippen molar-refractivity contribution >= 4 is 11.6 Å². The SMILES string of the molecule is Cc1cc2c(c(C)c1C)N(CC1CCCC1)CCC[C@@H]2N(Cc1cc(C(F)(F)F)cc(C(F)(F)F)c1)c1nnn(C)n1. The van der Waals surface area contributed by atoms with E-state index in [1.165, 1.54) is 36.0 Å². The van der Waals surface area contributed by atoms with E-state index in [4.69, 9.17) is 0 Å². The quantitative estimate of drug-likeness (QED) is 0.274. The van der Waals surface area contributed by atoms with E-state index < -0.39 is 23.5 Å². The van der Waals surface area contributed by atoms with Gasteiger partial charge in [-0.3, -0.25) is 0 Å². The zero-order valence-electron chi connectivity index (χ0n) is 24.3. The molecular weight excluding hydrogens is 558 g/mol. The second-order valence-electron chi connectivity index (χ2n) is 11.8. The molecule has 1 fully saturated rings. The maximum atomic E-state index is 13.7. The normalized spacial score (nSPS) is 18.3. The highest BCUT2D eigenvalue weighted by molar-refractivity contribution is 5.66. The molecule has 1 aliphatic carbocycles. The summed E-state index contributed by atoms with van der Waals surface area (Å²) in [5, 5.41) is 12.5. The Hall–Kier alpha value is -3.31. The van der Waals surface area contributed by atoms with Crippen LogP contribution in [0.15, 0.2) is 24.3 Å². The first-order chi connectivity index (χ1) is 19.7. The lowest BCUT2D eigenvalue weighted by Gasteiger charge is -2.35. The van der Waals surface area contributed by atoms with Crippen LogP contribution in [0.5, 0.6) is 0 Å². The van der Waals surface area contributed by atoms with E-state index in [1.807, 2.05) is 6.92 Å². The molecule has 3 aromatic rings. The van der Waals surface area contributed by atoms with Crippen LogP contribution in [-0.4, -0.2) is 33.3 Å². The van der Waals surface area contributed by atoms with Gasteiger partial charge in [-0.1, -0.05) is 24.0 Å². The van der Waals surface area contributed by atoms with Gasteiger partial charge in [-0.15, -0.1) is 5.10 Å². The predicted octanol–water partition coefficient (Wildman–Crippen LogP) is 7.71. The van der Waals surface area contributed by atoms with Crippen LogP contribution < -0.4 is 9.80 Å². The number of halogens is 6. The lowest BCUT2D eigenvalue weighted by atomic mass is 9.91. The van der Waals surface area contributed by atoms with E-state index in [-0.39, 0.29) is 30.2 Å². The molecule has 0 saturated heterocycles. The first-order valence-corrected chi connectivity index (χ1v) is 14.4. The van der Waals surface area contributed by atoms with Gasteiger partial charge < -0.3 is 9.80 Å². The van der Waals surface area contributed by atoms with Crippen LogP contribution in [0.25, 0.3) is 0 Å². The van der Waals surface area contributed by atoms with E-state index >= 15 is 0 Å². The number of tetrazole rings is 1. The van der Waals surface area contributed by atoms with Gasteiger partial charge >= 0.3 is 12.4 Å². The molecule has 228 valence electrons. The van der Waals surface area contributed by atoms with Crippen molar-refractivity contribution in [2.75, 3.05) is 22.9 Å². The minimum atomic E-state index is -4.94. The zero-order valence-corrected chi connectivity index (χ0v) is 24.3. The van der Waals surface area contributed by atoms with Crippen LogP contribution in [0, 0.1) is 26.7 Å². The molecule has 0 bridgehead atoms. The van der Waals surface area contributed by atoms with E-state index in [0.717, 1.165) is 54.0 Å². The maximum absolute atomic E-state index is 13.7. The van der Waals surface area contributed by atoms with Crippen LogP contribution >= 0.6 is 0 Å². The Morgan fingerprint density at radius 1 is 0.857 bits per heavy atom. The number of alkyl halides is 6. The summed E-state index contributed by atoms with van der Waals surface area (Å²) in [6.45, 7) is 7.69. The second kappa shape index (κ2) is 11.4. The monoisotopic (exact) mass is 594 g/mol. The van der Waals surface area contributed by atoms with E-state index in [9.17, 15) is 26.3 Å². The van der Waals surface area contributed by atoms with Crippen LogP contribution in [0.2, 0.25) is 0 Å². The Bertz CT molecular complexity index is 1390. The molecule has 6 nitrogen and oxygen atoms in total. The number of hydrogen-bond donors (Lipinski definition) is 0. The summed E-state index contributed by atoms with van der Waals surface area (Å²) in [5.41, 5.74) is 2.66. The first kappa shape index (κ1) is 30.2. The average molecular weight is 595 g/mol. The molecule has 2 aromatic carbocycles. The molecule has 0 amide bonds. The van der Waals surface area contributed by atoms with Gasteiger partial charge in [0.1, 0.15) is 0 Å². The number of hydrogen-bond acceptors (Lipinski definition) is 5. The molecule has 1 aliphatic heterocycles. The lowest BCUT2D eigenvalue weighted by molar-refractivity contribution is -0.143. The smallest absolute Gasteiger partial charge is 0.371 e. The maximum Gasteiger partial charge on any atom is 0.416 e. The summed E-state index contributed by atoms with van der Waals surface area (Å²) in [6.07, 6.45) is -3.64. The van der Waals surface area contributed by atoms with Gasteiger partial charge in [-0.2, -0.15) is 31.1 Å². The van der Waals surface area contributed by atoms with Crippen molar-refractivity contribution < 1.29 is 26.3 Å². The first-order valence-electron chi connectivity index (χ1n) is 14.4. The second-order valence-corrected chi connectivity index (χ2v) is 11.8. The Morgan fingerprint density at radius 2 is 1.50 bits per heavy atom. The molecule has 0 unspecified atom stereocenters. The van der Waals surface area contributed by atoms with Crippen LogP contribution in [-0.2, 0) is 25.9 Å². The van der Waals surface area contributed by atoms with Crippen molar-refractivity contribution in [3.05, 3.63) is 63.2 Å². The third kappa shape index (κ3) is 6.22. The molecule has 5 rings (SSSR count). The van der Waals surface area contributed by atoms with E-state index in [0.29, 0.717) is 12.3 Å². The average Bonchev–Trinajstić information content (AvgIpc) is 3.55. The van der Waals surface area contributed by atoms with Crippen LogP contribution in [0.4, 0.5) is 38.0 Å². The molecule has 42 heavy (non-hydrogen) atoms. The van der Waals surface area contributed by atoms with E-state index in [1.54, 1.807) is 11.9 Å². The number of nitrogens with zero attached hydrogens (tertiary/aromatic N) is 6. The Kier molecular flexibility index (Phi) is 8.19. The minimum absolute atomic E-state index is 0.126. The molecule has 12 heteroatoms. The van der Waals surface area contributed by atoms with Gasteiger partial charge in [-0.05, 0) is 104 Å². The Morgan fingerprint density at radius 3 is 2.07 bits per heavy atom. The van der Waals surface area contributed by atoms with Crippen molar-refractivity contribution in [1.29, 1.82) is 0 Å². The van der Waals surface area contributed by atoms with Crippen LogP contribution in [0.3, 0.4) is 0 Å². The molecule has 1 atom stereocenters. The van der Waals surface area contributed by atoms with Crippen molar-refractivity contribution in [1.82, 2.24) is 20.2 Å². The van der Waals surface area contributed by atoms with Crippen molar-refractivity contribution in [3.8, 4) is 0 Å². The minimum Gasteiger partial charge on any atom is -0.371 e. The number of anilines is 2. The van der Waals surface area contributed by atoms with Gasteiger partial charge in [0.2, 0.25) is 0 Å². The van der Waals surface area contributed by atoms with Gasteiger partial charge in [0.25, 0.3) is 5.95 Å². The summed E-state index contributed by atoms with van der Waals surface area (Å²) in [5.74, 6) is 0.749. The highest BCUT2D eigenvalue weighted by Crippen LogP contribution is 2.44. The van der Waals surface area contributed by atoms with Crippen molar-refractivity contribution in [3.63, 3.8) is 0 Å². The van der Waals surface area contributed by atoms with Gasteiger partial charge in [0, 0.05) is 25.3 Å². The Balaban J connectivity index is 1.63. The molecule has 1 aromatic heterocycles. The summed E-state index contributed by atoms with van der Waals surface area (Å²) in [6, 6.07) is 3.46. The van der Waals surface area contributed by atoms with Crippen LogP contribution in [0.1, 0.15) is 83.5 Å². The molecule has 0 spiro atoms. The third-order valence-electron chi connectivity index (χ3n) is 8.82. The Labute approximate surface area is 241 Å². The lowest BCUT2D eigenvalue weighted by Crippen LogP contribution is -2.32. The molecular formula is C30H36F6N6. The van der Waals surface area contributed by atoms with Crippen molar-refractivity contribution in [2.45, 2.75) is 84.2 Å². The number of aromatic nitrogens is 4. The third-order valence-corrected chi connectivity index (χ3v) is 8.82. The predicted molar refractivity (Wildman–Crippen MR) is 148 cm³/mol. The fraction of sp³-hybridized carbons (Fsp3) is 0.567. The number of aryl methyl sites for hydroxylation is 2. The summed E-state index contributed by atoms with van der Waals surface area (Å²) < 4.78 is 82.3. The number of rotatable bonds is 6. The summed E-state index contributed by atoms with van der Waals surface area (Å²) >= 11 is 0. The molecule has 2 aliphatic rings. The molecule has 1 saturated carbocycles. The highest BCUT2D eigenvalue weighted by atomic mass is 19.4. The number of benzene rings is 2. The molecule has 0 radical (unpaired) electrons. The topological polar surface area (TPSA) is 50.1 Å².